The van der Waals surface area contributed by atoms with E-state index in [1.165, 1.54) is 17.5 Å². The monoisotopic (exact) mass is 261 g/mol. The number of carbonyl (C=O) groups is 2. The van der Waals surface area contributed by atoms with Crippen molar-refractivity contribution < 1.29 is 9.59 Å². The molecule has 0 saturated carbocycles. The van der Waals surface area contributed by atoms with Crippen LogP contribution in [-0.4, -0.2) is 16.8 Å². The normalized spacial score (nSPS) is 9.83. The van der Waals surface area contributed by atoms with Crippen LogP contribution in [-0.2, 0) is 0 Å². The Morgan fingerprint density at radius 2 is 2.00 bits per heavy atom. The molecule has 0 fully saturated rings. The summed E-state index contributed by atoms with van der Waals surface area (Å²) in [6, 6.07) is 5.12. The van der Waals surface area contributed by atoms with Crippen LogP contribution in [0.2, 0.25) is 0 Å². The van der Waals surface area contributed by atoms with E-state index < -0.39 is 5.91 Å². The number of aryl methyl sites for hydroxylation is 1. The van der Waals surface area contributed by atoms with Crippen molar-refractivity contribution in [1.82, 2.24) is 15.8 Å². The number of nitrogens with one attached hydrogen (secondary N) is 2. The first-order chi connectivity index (χ1) is 8.68. The summed E-state index contributed by atoms with van der Waals surface area (Å²) in [5.41, 5.74) is 5.98. The highest BCUT2D eigenvalue weighted by molar-refractivity contribution is 7.12. The molecule has 0 unspecified atom stereocenters. The fourth-order valence-corrected chi connectivity index (χ4v) is 2.17. The Kier molecular flexibility index (Phi) is 3.69. The van der Waals surface area contributed by atoms with Crippen LogP contribution in [0.5, 0.6) is 0 Å². The third kappa shape index (κ3) is 2.72. The SMILES string of the molecule is Cc1ccsc1C(=O)NNC(=O)c1cccnc1. The van der Waals surface area contributed by atoms with Crippen LogP contribution in [0.25, 0.3) is 0 Å². The number of pyridine rings is 1. The molecule has 0 bridgehead atoms. The Hall–Kier alpha value is -2.21. The predicted molar refractivity (Wildman–Crippen MR) is 68.2 cm³/mol. The summed E-state index contributed by atoms with van der Waals surface area (Å²) in [6.45, 7) is 1.84. The minimum Gasteiger partial charge on any atom is -0.267 e. The van der Waals surface area contributed by atoms with E-state index in [2.05, 4.69) is 15.8 Å². The van der Waals surface area contributed by atoms with Gasteiger partial charge in [0.05, 0.1) is 10.4 Å². The van der Waals surface area contributed by atoms with E-state index in [9.17, 15) is 9.59 Å². The maximum atomic E-state index is 11.7. The van der Waals surface area contributed by atoms with Crippen molar-refractivity contribution in [3.05, 3.63) is 52.0 Å². The van der Waals surface area contributed by atoms with E-state index >= 15 is 0 Å². The van der Waals surface area contributed by atoms with Gasteiger partial charge in [-0.25, -0.2) is 0 Å². The maximum absolute atomic E-state index is 11.7. The van der Waals surface area contributed by atoms with Crippen LogP contribution in [0.15, 0.2) is 36.0 Å². The molecule has 0 aromatic carbocycles. The van der Waals surface area contributed by atoms with Crippen LogP contribution in [0.1, 0.15) is 25.6 Å². The van der Waals surface area contributed by atoms with Gasteiger partial charge >= 0.3 is 0 Å². The number of rotatable bonds is 2. The Labute approximate surface area is 108 Å². The molecule has 0 aliphatic carbocycles. The molecule has 2 amide bonds. The van der Waals surface area contributed by atoms with Crippen LogP contribution < -0.4 is 10.9 Å². The van der Waals surface area contributed by atoms with Gasteiger partial charge in [-0.1, -0.05) is 0 Å². The Balaban J connectivity index is 1.95. The smallest absolute Gasteiger partial charge is 0.267 e. The molecular formula is C12H11N3O2S. The van der Waals surface area contributed by atoms with Gasteiger partial charge in [0.15, 0.2) is 0 Å². The number of hydrazine groups is 1. The van der Waals surface area contributed by atoms with E-state index in [-0.39, 0.29) is 5.91 Å². The number of hydrogen-bond acceptors (Lipinski definition) is 4. The van der Waals surface area contributed by atoms with E-state index in [0.717, 1.165) is 5.56 Å². The predicted octanol–water partition coefficient (Wildman–Crippen LogP) is 1.53. The largest absolute Gasteiger partial charge is 0.280 e. The van der Waals surface area contributed by atoms with E-state index in [0.29, 0.717) is 10.4 Å². The lowest BCUT2D eigenvalue weighted by Gasteiger charge is -2.06. The molecule has 18 heavy (non-hydrogen) atoms. The van der Waals surface area contributed by atoms with Crippen LogP contribution in [0.4, 0.5) is 0 Å². The third-order valence-corrected chi connectivity index (χ3v) is 3.30. The zero-order valence-electron chi connectivity index (χ0n) is 9.64. The highest BCUT2D eigenvalue weighted by Gasteiger charge is 2.11. The first kappa shape index (κ1) is 12.3. The van der Waals surface area contributed by atoms with Crippen molar-refractivity contribution in [3.63, 3.8) is 0 Å². The summed E-state index contributed by atoms with van der Waals surface area (Å²) < 4.78 is 0. The second kappa shape index (κ2) is 5.42. The number of carbonyl (C=O) groups excluding carboxylic acids is 2. The first-order valence-electron chi connectivity index (χ1n) is 5.23. The molecule has 6 heteroatoms. The summed E-state index contributed by atoms with van der Waals surface area (Å²) in [5.74, 6) is -0.717. The Bertz CT molecular complexity index is 566. The van der Waals surface area contributed by atoms with E-state index in [1.54, 1.807) is 18.3 Å². The van der Waals surface area contributed by atoms with Crippen molar-refractivity contribution >= 4 is 23.2 Å². The van der Waals surface area contributed by atoms with Crippen molar-refractivity contribution in [3.8, 4) is 0 Å². The average molecular weight is 261 g/mol. The van der Waals surface area contributed by atoms with Gasteiger partial charge in [-0.2, -0.15) is 0 Å². The molecule has 0 aliphatic rings. The van der Waals surface area contributed by atoms with Crippen molar-refractivity contribution in [2.45, 2.75) is 6.92 Å². The minimum atomic E-state index is -0.398. The van der Waals surface area contributed by atoms with Gasteiger partial charge in [0.2, 0.25) is 0 Å². The molecule has 0 atom stereocenters. The molecule has 5 nitrogen and oxygen atoms in total. The second-order valence-electron chi connectivity index (χ2n) is 3.58. The maximum Gasteiger partial charge on any atom is 0.280 e. The van der Waals surface area contributed by atoms with Crippen LogP contribution in [0.3, 0.4) is 0 Å². The van der Waals surface area contributed by atoms with Gasteiger partial charge in [0.1, 0.15) is 0 Å². The Morgan fingerprint density at radius 3 is 2.61 bits per heavy atom. The zero-order chi connectivity index (χ0) is 13.0. The summed E-state index contributed by atoms with van der Waals surface area (Å²) >= 11 is 1.33. The number of amides is 2. The molecule has 92 valence electrons. The van der Waals surface area contributed by atoms with E-state index in [1.807, 2.05) is 18.4 Å². The zero-order valence-corrected chi connectivity index (χ0v) is 10.5. The number of thiophene rings is 1. The van der Waals surface area contributed by atoms with Gasteiger partial charge in [0, 0.05) is 12.4 Å². The van der Waals surface area contributed by atoms with Crippen molar-refractivity contribution in [1.29, 1.82) is 0 Å². The molecule has 2 aromatic heterocycles. The minimum absolute atomic E-state index is 0.320. The molecule has 0 aliphatic heterocycles. The van der Waals surface area contributed by atoms with Crippen molar-refractivity contribution in [2.75, 3.05) is 0 Å². The highest BCUT2D eigenvalue weighted by atomic mass is 32.1. The topological polar surface area (TPSA) is 71.1 Å². The summed E-state index contributed by atoms with van der Waals surface area (Å²) in [6.07, 6.45) is 3.00. The number of hydrogen-bond donors (Lipinski definition) is 2. The van der Waals surface area contributed by atoms with Gasteiger partial charge in [-0.15, -0.1) is 11.3 Å². The molecule has 0 saturated heterocycles. The second-order valence-corrected chi connectivity index (χ2v) is 4.50. The summed E-state index contributed by atoms with van der Waals surface area (Å²) in [4.78, 5) is 27.8. The highest BCUT2D eigenvalue weighted by Crippen LogP contribution is 2.14. The lowest BCUT2D eigenvalue weighted by Crippen LogP contribution is -2.41. The average Bonchev–Trinajstić information content (AvgIpc) is 2.83. The molecule has 0 radical (unpaired) electrons. The molecular weight excluding hydrogens is 250 g/mol. The standard InChI is InChI=1S/C12H11N3O2S/c1-8-4-6-18-10(8)12(17)15-14-11(16)9-3-2-5-13-7-9/h2-7H,1H3,(H,14,16)(H,15,17). The van der Waals surface area contributed by atoms with Gasteiger partial charge < -0.3 is 0 Å². The first-order valence-corrected chi connectivity index (χ1v) is 6.11. The fourth-order valence-electron chi connectivity index (χ4n) is 1.34. The fraction of sp³-hybridized carbons (Fsp3) is 0.0833. The lowest BCUT2D eigenvalue weighted by atomic mass is 10.3. The summed E-state index contributed by atoms with van der Waals surface area (Å²) in [5, 5.41) is 1.83. The van der Waals surface area contributed by atoms with E-state index in [4.69, 9.17) is 0 Å². The molecule has 2 N–H and O–H groups in total. The van der Waals surface area contributed by atoms with Crippen molar-refractivity contribution in [2.24, 2.45) is 0 Å². The van der Waals surface area contributed by atoms with Crippen LogP contribution in [0, 0.1) is 6.92 Å². The molecule has 0 spiro atoms. The molecule has 2 aromatic rings. The number of aromatic nitrogens is 1. The number of nitrogens with zero attached hydrogens (tertiary/aromatic N) is 1. The lowest BCUT2D eigenvalue weighted by molar-refractivity contribution is 0.0848. The van der Waals surface area contributed by atoms with Gasteiger partial charge in [-0.3, -0.25) is 25.4 Å². The Morgan fingerprint density at radius 1 is 1.22 bits per heavy atom. The van der Waals surface area contributed by atoms with Crippen LogP contribution >= 0.6 is 11.3 Å². The van der Waals surface area contributed by atoms with Gasteiger partial charge in [-0.05, 0) is 36.1 Å². The molecule has 2 heterocycles. The summed E-state index contributed by atoms with van der Waals surface area (Å²) in [7, 11) is 0. The quantitative estimate of drug-likeness (QED) is 0.805. The third-order valence-electron chi connectivity index (χ3n) is 2.28. The molecule has 2 rings (SSSR count). The van der Waals surface area contributed by atoms with Gasteiger partial charge in [0.25, 0.3) is 11.8 Å².